The maximum atomic E-state index is 11.8. The average molecular weight is 311 g/mol. The molecule has 1 heterocycles. The maximum Gasteiger partial charge on any atom is 0.312 e. The Morgan fingerprint density at radius 2 is 1.83 bits per heavy atom. The van der Waals surface area contributed by atoms with Gasteiger partial charge >= 0.3 is 5.97 Å². The number of ether oxygens (including phenoxy) is 1. The number of benzene rings is 2. The maximum absolute atomic E-state index is 11.8. The van der Waals surface area contributed by atoms with Gasteiger partial charge < -0.3 is 9.84 Å². The Morgan fingerprint density at radius 3 is 2.39 bits per heavy atom. The second kappa shape index (κ2) is 5.72. The van der Waals surface area contributed by atoms with Crippen LogP contribution in [0.15, 0.2) is 36.4 Å². The highest BCUT2D eigenvalue weighted by atomic mass is 16.5. The number of nitrogens with zero attached hydrogens (tertiary/aromatic N) is 3. The standard InChI is InChI=1S/C17H17N3O3/c1-10-8-12(11(2)17(22)23-3)9-15(16(10)21)20-18-13-6-4-5-7-14(13)19-20/h4-9,11,21H,1-3H3. The number of rotatable bonds is 3. The van der Waals surface area contributed by atoms with Crippen molar-refractivity contribution in [1.82, 2.24) is 15.0 Å². The van der Waals surface area contributed by atoms with E-state index in [1.807, 2.05) is 24.3 Å². The molecule has 0 fully saturated rings. The van der Waals surface area contributed by atoms with Gasteiger partial charge in [-0.05, 0) is 43.2 Å². The van der Waals surface area contributed by atoms with Crippen LogP contribution in [0.2, 0.25) is 0 Å². The Balaban J connectivity index is 2.14. The number of phenols is 1. The summed E-state index contributed by atoms with van der Waals surface area (Å²) in [5.74, 6) is -0.686. The Hall–Kier alpha value is -2.89. The Morgan fingerprint density at radius 1 is 1.22 bits per heavy atom. The van der Waals surface area contributed by atoms with Gasteiger partial charge in [0, 0.05) is 0 Å². The number of fused-ring (bicyclic) bond motifs is 1. The van der Waals surface area contributed by atoms with Crippen LogP contribution in [0.25, 0.3) is 16.7 Å². The van der Waals surface area contributed by atoms with E-state index in [2.05, 4.69) is 10.2 Å². The van der Waals surface area contributed by atoms with Gasteiger partial charge in [0.15, 0.2) is 0 Å². The van der Waals surface area contributed by atoms with E-state index in [9.17, 15) is 9.90 Å². The third kappa shape index (κ3) is 2.63. The normalized spacial score (nSPS) is 12.3. The molecule has 1 N–H and O–H groups in total. The second-order valence-electron chi connectivity index (χ2n) is 5.43. The first-order chi connectivity index (χ1) is 11.0. The summed E-state index contributed by atoms with van der Waals surface area (Å²) in [6, 6.07) is 10.9. The third-order valence-corrected chi connectivity index (χ3v) is 3.86. The average Bonchev–Trinajstić information content (AvgIpc) is 2.99. The molecule has 23 heavy (non-hydrogen) atoms. The summed E-state index contributed by atoms with van der Waals surface area (Å²) in [6.07, 6.45) is 0. The van der Waals surface area contributed by atoms with Gasteiger partial charge in [-0.3, -0.25) is 4.79 Å². The summed E-state index contributed by atoms with van der Waals surface area (Å²) < 4.78 is 4.79. The van der Waals surface area contributed by atoms with Gasteiger partial charge in [-0.15, -0.1) is 15.0 Å². The van der Waals surface area contributed by atoms with E-state index in [-0.39, 0.29) is 11.7 Å². The molecule has 0 aliphatic rings. The topological polar surface area (TPSA) is 77.2 Å². The van der Waals surface area contributed by atoms with Crippen LogP contribution in [0.4, 0.5) is 0 Å². The SMILES string of the molecule is COC(=O)C(C)c1cc(C)c(O)c(-n2nc3ccccc3n2)c1. The number of aryl methyl sites for hydroxylation is 1. The molecule has 118 valence electrons. The predicted octanol–water partition coefficient (Wildman–Crippen LogP) is 2.71. The molecule has 6 nitrogen and oxygen atoms in total. The highest BCUT2D eigenvalue weighted by molar-refractivity contribution is 5.78. The lowest BCUT2D eigenvalue weighted by Crippen LogP contribution is -2.12. The minimum atomic E-state index is -0.442. The van der Waals surface area contributed by atoms with Gasteiger partial charge in [0.05, 0.1) is 13.0 Å². The first kappa shape index (κ1) is 15.0. The lowest BCUT2D eigenvalue weighted by Gasteiger charge is -2.14. The van der Waals surface area contributed by atoms with Crippen molar-refractivity contribution in [2.45, 2.75) is 19.8 Å². The zero-order chi connectivity index (χ0) is 16.6. The molecule has 1 aromatic heterocycles. The molecule has 1 unspecified atom stereocenters. The molecular weight excluding hydrogens is 294 g/mol. The van der Waals surface area contributed by atoms with E-state index in [0.717, 1.165) is 16.6 Å². The number of hydrogen-bond donors (Lipinski definition) is 1. The highest BCUT2D eigenvalue weighted by Gasteiger charge is 2.20. The van der Waals surface area contributed by atoms with E-state index < -0.39 is 5.92 Å². The van der Waals surface area contributed by atoms with E-state index in [1.165, 1.54) is 11.9 Å². The lowest BCUT2D eigenvalue weighted by molar-refractivity contribution is -0.141. The van der Waals surface area contributed by atoms with E-state index in [0.29, 0.717) is 11.3 Å². The van der Waals surface area contributed by atoms with Crippen molar-refractivity contribution in [3.05, 3.63) is 47.5 Å². The zero-order valence-corrected chi connectivity index (χ0v) is 13.1. The fourth-order valence-electron chi connectivity index (χ4n) is 2.47. The Kier molecular flexibility index (Phi) is 3.73. The number of aromatic hydroxyl groups is 1. The van der Waals surface area contributed by atoms with Gasteiger partial charge in [0.2, 0.25) is 0 Å². The minimum Gasteiger partial charge on any atom is -0.505 e. The summed E-state index contributed by atoms with van der Waals surface area (Å²) in [5, 5.41) is 19.1. The quantitative estimate of drug-likeness (QED) is 0.753. The molecular formula is C17H17N3O3. The van der Waals surface area contributed by atoms with Crippen molar-refractivity contribution in [1.29, 1.82) is 0 Å². The van der Waals surface area contributed by atoms with E-state index >= 15 is 0 Å². The van der Waals surface area contributed by atoms with Gasteiger partial charge in [-0.25, -0.2) is 0 Å². The summed E-state index contributed by atoms with van der Waals surface area (Å²) in [7, 11) is 1.36. The molecule has 0 saturated heterocycles. The van der Waals surface area contributed by atoms with Crippen molar-refractivity contribution in [2.24, 2.45) is 0 Å². The van der Waals surface area contributed by atoms with Crippen LogP contribution < -0.4 is 0 Å². The lowest BCUT2D eigenvalue weighted by atomic mass is 9.98. The summed E-state index contributed by atoms with van der Waals surface area (Å²) in [4.78, 5) is 13.2. The number of carbonyl (C=O) groups excluding carboxylic acids is 1. The van der Waals surface area contributed by atoms with Crippen LogP contribution in [0.1, 0.15) is 24.0 Å². The summed E-state index contributed by atoms with van der Waals surface area (Å²) >= 11 is 0. The molecule has 0 bridgehead atoms. The molecule has 0 amide bonds. The predicted molar refractivity (Wildman–Crippen MR) is 85.7 cm³/mol. The molecule has 3 aromatic rings. The van der Waals surface area contributed by atoms with E-state index in [1.54, 1.807) is 26.0 Å². The van der Waals surface area contributed by atoms with Gasteiger partial charge in [0.25, 0.3) is 0 Å². The minimum absolute atomic E-state index is 0.0890. The third-order valence-electron chi connectivity index (χ3n) is 3.86. The fraction of sp³-hybridized carbons (Fsp3) is 0.235. The Bertz CT molecular complexity index is 853. The van der Waals surface area contributed by atoms with Crippen LogP contribution in [0, 0.1) is 6.92 Å². The number of carbonyl (C=O) groups is 1. The highest BCUT2D eigenvalue weighted by Crippen LogP contribution is 2.30. The molecule has 2 aromatic carbocycles. The number of esters is 1. The largest absolute Gasteiger partial charge is 0.505 e. The first-order valence-electron chi connectivity index (χ1n) is 7.25. The summed E-state index contributed by atoms with van der Waals surface area (Å²) in [6.45, 7) is 3.53. The smallest absolute Gasteiger partial charge is 0.312 e. The number of methoxy groups -OCH3 is 1. The van der Waals surface area contributed by atoms with Crippen molar-refractivity contribution >= 4 is 17.0 Å². The van der Waals surface area contributed by atoms with Crippen LogP contribution in [0.5, 0.6) is 5.75 Å². The Labute approximate surface area is 133 Å². The van der Waals surface area contributed by atoms with Crippen LogP contribution >= 0.6 is 0 Å². The number of aromatic nitrogens is 3. The van der Waals surface area contributed by atoms with Gasteiger partial charge in [0.1, 0.15) is 22.5 Å². The van der Waals surface area contributed by atoms with E-state index in [4.69, 9.17) is 4.74 Å². The van der Waals surface area contributed by atoms with Crippen molar-refractivity contribution in [2.75, 3.05) is 7.11 Å². The molecule has 6 heteroatoms. The zero-order valence-electron chi connectivity index (χ0n) is 13.1. The fourth-order valence-corrected chi connectivity index (χ4v) is 2.47. The molecule has 3 rings (SSSR count). The van der Waals surface area contributed by atoms with Crippen LogP contribution in [-0.4, -0.2) is 33.2 Å². The molecule has 0 radical (unpaired) electrons. The van der Waals surface area contributed by atoms with Crippen molar-refractivity contribution in [3.63, 3.8) is 0 Å². The molecule has 0 spiro atoms. The molecule has 0 saturated carbocycles. The number of phenolic OH excluding ortho intramolecular Hbond substituents is 1. The molecule has 0 aliphatic carbocycles. The van der Waals surface area contributed by atoms with Crippen molar-refractivity contribution in [3.8, 4) is 11.4 Å². The van der Waals surface area contributed by atoms with Crippen molar-refractivity contribution < 1.29 is 14.6 Å². The summed E-state index contributed by atoms with van der Waals surface area (Å²) in [5.41, 5.74) is 3.29. The van der Waals surface area contributed by atoms with Crippen LogP contribution in [0.3, 0.4) is 0 Å². The van der Waals surface area contributed by atoms with Gasteiger partial charge in [-0.1, -0.05) is 18.2 Å². The number of hydrogen-bond acceptors (Lipinski definition) is 5. The first-order valence-corrected chi connectivity index (χ1v) is 7.25. The molecule has 0 aliphatic heterocycles. The monoisotopic (exact) mass is 311 g/mol. The van der Waals surface area contributed by atoms with Crippen LogP contribution in [-0.2, 0) is 9.53 Å². The molecule has 1 atom stereocenters. The second-order valence-corrected chi connectivity index (χ2v) is 5.43. The van der Waals surface area contributed by atoms with Gasteiger partial charge in [-0.2, -0.15) is 0 Å².